The van der Waals surface area contributed by atoms with Crippen LogP contribution in [-0.2, 0) is 13.0 Å². The molecule has 24 heavy (non-hydrogen) atoms. The fourth-order valence-electron chi connectivity index (χ4n) is 2.80. The molecule has 0 bridgehead atoms. The molecule has 3 rings (SSSR count). The van der Waals surface area contributed by atoms with Crippen molar-refractivity contribution in [1.29, 1.82) is 0 Å². The Kier molecular flexibility index (Phi) is 4.76. The van der Waals surface area contributed by atoms with E-state index in [4.69, 9.17) is 0 Å². The summed E-state index contributed by atoms with van der Waals surface area (Å²) in [4.78, 5) is 16.8. The number of hydrogen-bond acceptors (Lipinski definition) is 4. The Bertz CT molecular complexity index is 761. The van der Waals surface area contributed by atoms with Crippen LogP contribution in [0.5, 0.6) is 0 Å². The average molecular weight is 328 g/mol. The molecule has 0 saturated heterocycles. The number of amides is 1. The number of anilines is 2. The van der Waals surface area contributed by atoms with Crippen LogP contribution in [0.3, 0.4) is 0 Å². The molecule has 2 heterocycles. The van der Waals surface area contributed by atoms with Gasteiger partial charge in [0.05, 0.1) is 11.3 Å². The second kappa shape index (κ2) is 6.97. The maximum Gasteiger partial charge on any atom is 0.259 e. The summed E-state index contributed by atoms with van der Waals surface area (Å²) in [6.07, 6.45) is 2.24. The molecule has 0 unspecified atom stereocenters. The third-order valence-corrected chi connectivity index (χ3v) is 3.93. The van der Waals surface area contributed by atoms with Crippen LogP contribution < -0.4 is 16.0 Å². The van der Waals surface area contributed by atoms with Crippen LogP contribution in [-0.4, -0.2) is 23.5 Å². The number of nitrogens with one attached hydrogen (secondary N) is 3. The fourth-order valence-corrected chi connectivity index (χ4v) is 2.80. The minimum atomic E-state index is -0.376. The molecule has 0 fully saturated rings. The standard InChI is InChI=1S/C18H21FN4O/c1-11(2)22-17-14(4-3-8-21-17)18(24)23-15-6-5-12-10-20-9-7-13(12)16(15)19/h3-6,8,11,20H,7,9-10H2,1-2H3,(H,21,22)(H,23,24). The van der Waals surface area contributed by atoms with E-state index in [1.54, 1.807) is 24.4 Å². The molecule has 0 saturated carbocycles. The summed E-state index contributed by atoms with van der Waals surface area (Å²) in [6.45, 7) is 5.33. The quantitative estimate of drug-likeness (QED) is 0.807. The van der Waals surface area contributed by atoms with Crippen LogP contribution >= 0.6 is 0 Å². The number of pyridine rings is 1. The van der Waals surface area contributed by atoms with E-state index in [-0.39, 0.29) is 23.5 Å². The van der Waals surface area contributed by atoms with Gasteiger partial charge in [-0.3, -0.25) is 4.79 Å². The molecule has 6 heteroatoms. The number of fused-ring (bicyclic) bond motifs is 1. The Balaban J connectivity index is 1.86. The van der Waals surface area contributed by atoms with Crippen LogP contribution in [0.25, 0.3) is 0 Å². The molecule has 1 aromatic heterocycles. The summed E-state index contributed by atoms with van der Waals surface area (Å²) in [5.74, 6) is -0.226. The van der Waals surface area contributed by atoms with Gasteiger partial charge in [-0.15, -0.1) is 0 Å². The molecule has 3 N–H and O–H groups in total. The van der Waals surface area contributed by atoms with Crippen molar-refractivity contribution in [3.05, 3.63) is 53.0 Å². The van der Waals surface area contributed by atoms with Crippen molar-refractivity contribution in [1.82, 2.24) is 10.3 Å². The van der Waals surface area contributed by atoms with Gasteiger partial charge in [-0.2, -0.15) is 0 Å². The first kappa shape index (κ1) is 16.4. The summed E-state index contributed by atoms with van der Waals surface area (Å²) in [5.41, 5.74) is 2.23. The zero-order valence-electron chi connectivity index (χ0n) is 13.8. The van der Waals surface area contributed by atoms with Gasteiger partial charge in [-0.1, -0.05) is 6.07 Å². The Hall–Kier alpha value is -2.47. The molecular weight excluding hydrogens is 307 g/mol. The van der Waals surface area contributed by atoms with E-state index in [0.29, 0.717) is 29.9 Å². The number of nitrogens with zero attached hydrogens (tertiary/aromatic N) is 1. The molecular formula is C18H21FN4O. The van der Waals surface area contributed by atoms with Gasteiger partial charge in [0.2, 0.25) is 0 Å². The highest BCUT2D eigenvalue weighted by Crippen LogP contribution is 2.25. The van der Waals surface area contributed by atoms with Gasteiger partial charge >= 0.3 is 0 Å². The van der Waals surface area contributed by atoms with E-state index in [2.05, 4.69) is 20.9 Å². The second-order valence-corrected chi connectivity index (χ2v) is 6.14. The lowest BCUT2D eigenvalue weighted by atomic mass is 9.99. The van der Waals surface area contributed by atoms with Gasteiger partial charge in [0, 0.05) is 18.8 Å². The van der Waals surface area contributed by atoms with Crippen LogP contribution in [0.1, 0.15) is 35.3 Å². The minimum Gasteiger partial charge on any atom is -0.367 e. The maximum absolute atomic E-state index is 14.7. The van der Waals surface area contributed by atoms with Crippen molar-refractivity contribution in [3.8, 4) is 0 Å². The smallest absolute Gasteiger partial charge is 0.259 e. The van der Waals surface area contributed by atoms with Gasteiger partial charge in [-0.05, 0) is 56.1 Å². The summed E-state index contributed by atoms with van der Waals surface area (Å²) in [7, 11) is 0. The van der Waals surface area contributed by atoms with E-state index in [0.717, 1.165) is 12.1 Å². The highest BCUT2D eigenvalue weighted by Gasteiger charge is 2.19. The molecule has 0 spiro atoms. The number of aromatic nitrogens is 1. The lowest BCUT2D eigenvalue weighted by Gasteiger charge is -2.19. The van der Waals surface area contributed by atoms with Crippen molar-refractivity contribution in [3.63, 3.8) is 0 Å². The van der Waals surface area contributed by atoms with Crippen molar-refractivity contribution in [2.75, 3.05) is 17.2 Å². The molecule has 0 aliphatic carbocycles. The number of hydrogen-bond donors (Lipinski definition) is 3. The van der Waals surface area contributed by atoms with Crippen molar-refractivity contribution >= 4 is 17.4 Å². The van der Waals surface area contributed by atoms with Crippen molar-refractivity contribution in [2.24, 2.45) is 0 Å². The van der Waals surface area contributed by atoms with E-state index >= 15 is 0 Å². The normalized spacial score (nSPS) is 13.5. The topological polar surface area (TPSA) is 66.0 Å². The fraction of sp³-hybridized carbons (Fsp3) is 0.333. The summed E-state index contributed by atoms with van der Waals surface area (Å²) in [6, 6.07) is 6.98. The Morgan fingerprint density at radius 2 is 2.17 bits per heavy atom. The first-order valence-electron chi connectivity index (χ1n) is 8.10. The molecule has 1 aliphatic rings. The second-order valence-electron chi connectivity index (χ2n) is 6.14. The number of benzene rings is 1. The van der Waals surface area contributed by atoms with E-state index in [1.165, 1.54) is 0 Å². The molecule has 0 radical (unpaired) electrons. The first-order chi connectivity index (χ1) is 11.6. The van der Waals surface area contributed by atoms with Crippen molar-refractivity contribution in [2.45, 2.75) is 32.9 Å². The molecule has 126 valence electrons. The van der Waals surface area contributed by atoms with Crippen LogP contribution in [0, 0.1) is 5.82 Å². The highest BCUT2D eigenvalue weighted by atomic mass is 19.1. The lowest BCUT2D eigenvalue weighted by Crippen LogP contribution is -2.25. The largest absolute Gasteiger partial charge is 0.367 e. The third-order valence-electron chi connectivity index (χ3n) is 3.93. The number of rotatable bonds is 4. The molecule has 1 aliphatic heterocycles. The van der Waals surface area contributed by atoms with Gasteiger partial charge in [-0.25, -0.2) is 9.37 Å². The Morgan fingerprint density at radius 3 is 2.96 bits per heavy atom. The highest BCUT2D eigenvalue weighted by molar-refractivity contribution is 6.07. The molecule has 1 amide bonds. The van der Waals surface area contributed by atoms with Crippen LogP contribution in [0.2, 0.25) is 0 Å². The Labute approximate surface area is 140 Å². The van der Waals surface area contributed by atoms with Crippen LogP contribution in [0.15, 0.2) is 30.5 Å². The van der Waals surface area contributed by atoms with E-state index < -0.39 is 0 Å². The molecule has 1 aromatic carbocycles. The van der Waals surface area contributed by atoms with E-state index in [1.807, 2.05) is 19.9 Å². The first-order valence-corrected chi connectivity index (χ1v) is 8.10. The summed E-state index contributed by atoms with van der Waals surface area (Å²) < 4.78 is 14.7. The summed E-state index contributed by atoms with van der Waals surface area (Å²) in [5, 5.41) is 9.02. The minimum absolute atomic E-state index is 0.138. The Morgan fingerprint density at radius 1 is 1.33 bits per heavy atom. The van der Waals surface area contributed by atoms with Gasteiger partial charge in [0.15, 0.2) is 0 Å². The number of carbonyl (C=O) groups excluding carboxylic acids is 1. The SMILES string of the molecule is CC(C)Nc1ncccc1C(=O)Nc1ccc2c(c1F)CCNC2. The summed E-state index contributed by atoms with van der Waals surface area (Å²) >= 11 is 0. The predicted molar refractivity (Wildman–Crippen MR) is 92.8 cm³/mol. The van der Waals surface area contributed by atoms with Crippen LogP contribution in [0.4, 0.5) is 15.9 Å². The number of halogens is 1. The predicted octanol–water partition coefficient (Wildman–Crippen LogP) is 2.94. The van der Waals surface area contributed by atoms with E-state index in [9.17, 15) is 9.18 Å². The third kappa shape index (κ3) is 3.38. The molecule has 2 aromatic rings. The van der Waals surface area contributed by atoms with Gasteiger partial charge in [0.25, 0.3) is 5.91 Å². The molecule has 5 nitrogen and oxygen atoms in total. The average Bonchev–Trinajstić information content (AvgIpc) is 2.57. The monoisotopic (exact) mass is 328 g/mol. The maximum atomic E-state index is 14.7. The number of carbonyl (C=O) groups is 1. The molecule has 0 atom stereocenters. The zero-order chi connectivity index (χ0) is 17.1. The zero-order valence-corrected chi connectivity index (χ0v) is 13.8. The van der Waals surface area contributed by atoms with Crippen molar-refractivity contribution < 1.29 is 9.18 Å². The van der Waals surface area contributed by atoms with Gasteiger partial charge < -0.3 is 16.0 Å². The lowest BCUT2D eigenvalue weighted by molar-refractivity contribution is 0.102. The van der Waals surface area contributed by atoms with Gasteiger partial charge in [0.1, 0.15) is 11.6 Å².